The lowest BCUT2D eigenvalue weighted by molar-refractivity contribution is 0.106. The van der Waals surface area contributed by atoms with Gasteiger partial charge in [-0.25, -0.2) is 0 Å². The molecule has 0 aliphatic heterocycles. The van der Waals surface area contributed by atoms with Gasteiger partial charge in [0, 0.05) is 0 Å². The molecule has 0 fully saturated rings. The molecule has 3 heteroatoms. The zero-order valence-corrected chi connectivity index (χ0v) is 6.53. The second-order valence-corrected chi connectivity index (χ2v) is 2.72. The van der Waals surface area contributed by atoms with E-state index in [9.17, 15) is 5.11 Å². The molecule has 0 rings (SSSR count). The fraction of sp³-hybridized carbons (Fsp3) is 0.833. The highest BCUT2D eigenvalue weighted by molar-refractivity contribution is 7.80. The maximum Gasteiger partial charge on any atom is 0.188 e. The molecule has 0 saturated heterocycles. The largest absolute Gasteiger partial charge is 0.500 e. The Morgan fingerprint density at radius 3 is 2.22 bits per heavy atom. The Bertz CT molecular complexity index is 110. The summed E-state index contributed by atoms with van der Waals surface area (Å²) >= 11 is 4.40. The Morgan fingerprint density at radius 1 is 1.67 bits per heavy atom. The molecular formula is C6H12O2S. The molecule has 0 aliphatic rings. The SMILES string of the molecule is CCCC(C)(O)C(O)=S. The molecule has 0 aromatic heterocycles. The summed E-state index contributed by atoms with van der Waals surface area (Å²) in [5.74, 6) is 0. The van der Waals surface area contributed by atoms with E-state index in [-0.39, 0.29) is 5.05 Å². The predicted molar refractivity (Wildman–Crippen MR) is 40.8 cm³/mol. The summed E-state index contributed by atoms with van der Waals surface area (Å²) in [5.41, 5.74) is -1.16. The van der Waals surface area contributed by atoms with Gasteiger partial charge < -0.3 is 10.2 Å². The topological polar surface area (TPSA) is 40.5 Å². The van der Waals surface area contributed by atoms with E-state index in [2.05, 4.69) is 12.2 Å². The smallest absolute Gasteiger partial charge is 0.188 e. The van der Waals surface area contributed by atoms with Crippen molar-refractivity contribution < 1.29 is 10.2 Å². The van der Waals surface area contributed by atoms with Crippen molar-refractivity contribution in [2.45, 2.75) is 32.3 Å². The Hall–Kier alpha value is -0.150. The minimum absolute atomic E-state index is 0.315. The number of hydrogen-bond donors (Lipinski definition) is 2. The van der Waals surface area contributed by atoms with Crippen LogP contribution in [0.15, 0.2) is 0 Å². The fourth-order valence-corrected chi connectivity index (χ4v) is 0.696. The third kappa shape index (κ3) is 2.77. The number of hydrogen-bond acceptors (Lipinski definition) is 2. The van der Waals surface area contributed by atoms with Crippen LogP contribution in [0.4, 0.5) is 0 Å². The first kappa shape index (κ1) is 8.85. The van der Waals surface area contributed by atoms with Crippen molar-refractivity contribution in [3.8, 4) is 0 Å². The van der Waals surface area contributed by atoms with Crippen LogP contribution in [0.1, 0.15) is 26.7 Å². The lowest BCUT2D eigenvalue weighted by atomic mass is 10.0. The molecule has 0 spiro atoms. The molecule has 0 radical (unpaired) electrons. The van der Waals surface area contributed by atoms with E-state index in [1.54, 1.807) is 0 Å². The van der Waals surface area contributed by atoms with Crippen LogP contribution >= 0.6 is 12.2 Å². The average molecular weight is 148 g/mol. The predicted octanol–water partition coefficient (Wildman–Crippen LogP) is 1.42. The quantitative estimate of drug-likeness (QED) is 0.595. The third-order valence-corrected chi connectivity index (χ3v) is 1.64. The molecular weight excluding hydrogens is 136 g/mol. The van der Waals surface area contributed by atoms with Crippen molar-refractivity contribution in [3.05, 3.63) is 0 Å². The molecule has 2 nitrogen and oxygen atoms in total. The molecule has 1 unspecified atom stereocenters. The summed E-state index contributed by atoms with van der Waals surface area (Å²) < 4.78 is 0. The molecule has 0 amide bonds. The Kier molecular flexibility index (Phi) is 3.08. The van der Waals surface area contributed by atoms with Gasteiger partial charge in [-0.05, 0) is 25.6 Å². The molecule has 2 N–H and O–H groups in total. The van der Waals surface area contributed by atoms with Crippen molar-refractivity contribution in [2.24, 2.45) is 0 Å². The number of aliphatic hydroxyl groups is 2. The monoisotopic (exact) mass is 148 g/mol. The van der Waals surface area contributed by atoms with E-state index >= 15 is 0 Å². The first-order chi connectivity index (χ1) is 4.00. The van der Waals surface area contributed by atoms with Crippen molar-refractivity contribution >= 4 is 17.3 Å². The van der Waals surface area contributed by atoms with Crippen LogP contribution in [0.5, 0.6) is 0 Å². The van der Waals surface area contributed by atoms with Gasteiger partial charge in [0.05, 0.1) is 0 Å². The van der Waals surface area contributed by atoms with E-state index in [1.165, 1.54) is 6.92 Å². The van der Waals surface area contributed by atoms with Crippen LogP contribution < -0.4 is 0 Å². The molecule has 0 bridgehead atoms. The highest BCUT2D eigenvalue weighted by atomic mass is 32.1. The van der Waals surface area contributed by atoms with E-state index in [0.29, 0.717) is 6.42 Å². The van der Waals surface area contributed by atoms with Crippen LogP contribution in [-0.4, -0.2) is 20.9 Å². The molecule has 0 aromatic rings. The molecule has 1 atom stereocenters. The van der Waals surface area contributed by atoms with E-state index in [1.807, 2.05) is 6.92 Å². The van der Waals surface area contributed by atoms with E-state index in [4.69, 9.17) is 5.11 Å². The van der Waals surface area contributed by atoms with Gasteiger partial charge in [-0.2, -0.15) is 0 Å². The second-order valence-electron chi connectivity index (χ2n) is 2.33. The Labute approximate surface area is 60.5 Å². The van der Waals surface area contributed by atoms with Crippen LogP contribution in [0.2, 0.25) is 0 Å². The lowest BCUT2D eigenvalue weighted by Crippen LogP contribution is -2.32. The molecule has 9 heavy (non-hydrogen) atoms. The first-order valence-electron chi connectivity index (χ1n) is 2.96. The average Bonchev–Trinajstić information content (AvgIpc) is 1.65. The number of aliphatic hydroxyl groups excluding tert-OH is 1. The van der Waals surface area contributed by atoms with E-state index in [0.717, 1.165) is 6.42 Å². The number of thiocarbonyl (C=S) groups is 1. The van der Waals surface area contributed by atoms with Gasteiger partial charge in [0.15, 0.2) is 5.05 Å². The maximum atomic E-state index is 9.20. The summed E-state index contributed by atoms with van der Waals surface area (Å²) in [6.45, 7) is 3.44. The van der Waals surface area contributed by atoms with Gasteiger partial charge in [-0.15, -0.1) is 0 Å². The minimum Gasteiger partial charge on any atom is -0.500 e. The molecule has 0 aliphatic carbocycles. The zero-order valence-electron chi connectivity index (χ0n) is 5.72. The van der Waals surface area contributed by atoms with Crippen LogP contribution in [0.3, 0.4) is 0 Å². The fourth-order valence-electron chi connectivity index (χ4n) is 0.594. The van der Waals surface area contributed by atoms with Gasteiger partial charge in [0.2, 0.25) is 0 Å². The Morgan fingerprint density at radius 2 is 2.11 bits per heavy atom. The van der Waals surface area contributed by atoms with Gasteiger partial charge in [0.25, 0.3) is 0 Å². The van der Waals surface area contributed by atoms with Crippen molar-refractivity contribution in [1.29, 1.82) is 0 Å². The number of rotatable bonds is 3. The highest BCUT2D eigenvalue weighted by Crippen LogP contribution is 2.12. The normalized spacial score (nSPS) is 16.8. The summed E-state index contributed by atoms with van der Waals surface area (Å²) in [5, 5.41) is 17.6. The van der Waals surface area contributed by atoms with Crippen LogP contribution in [0.25, 0.3) is 0 Å². The van der Waals surface area contributed by atoms with Gasteiger partial charge in [-0.3, -0.25) is 0 Å². The van der Waals surface area contributed by atoms with Gasteiger partial charge in [-0.1, -0.05) is 13.3 Å². The maximum absolute atomic E-state index is 9.20. The zero-order chi connectivity index (χ0) is 7.49. The van der Waals surface area contributed by atoms with Crippen LogP contribution in [-0.2, 0) is 0 Å². The Balaban J connectivity index is 3.85. The van der Waals surface area contributed by atoms with Crippen molar-refractivity contribution in [2.75, 3.05) is 0 Å². The molecule has 0 aromatic carbocycles. The van der Waals surface area contributed by atoms with E-state index < -0.39 is 5.60 Å². The van der Waals surface area contributed by atoms with Gasteiger partial charge in [0.1, 0.15) is 5.60 Å². The lowest BCUT2D eigenvalue weighted by Gasteiger charge is -2.18. The molecule has 54 valence electrons. The summed E-state index contributed by atoms with van der Waals surface area (Å²) in [6.07, 6.45) is 1.33. The first-order valence-corrected chi connectivity index (χ1v) is 3.37. The summed E-state index contributed by atoms with van der Waals surface area (Å²) in [6, 6.07) is 0. The summed E-state index contributed by atoms with van der Waals surface area (Å²) in [7, 11) is 0. The van der Waals surface area contributed by atoms with Gasteiger partial charge >= 0.3 is 0 Å². The third-order valence-electron chi connectivity index (χ3n) is 1.20. The summed E-state index contributed by atoms with van der Waals surface area (Å²) in [4.78, 5) is 0. The second kappa shape index (κ2) is 3.13. The molecule has 0 saturated carbocycles. The van der Waals surface area contributed by atoms with Crippen molar-refractivity contribution in [3.63, 3.8) is 0 Å². The minimum atomic E-state index is -1.16. The standard InChI is InChI=1S/C6H12O2S/c1-3-4-6(2,8)5(7)9/h8H,3-4H2,1-2H3,(H,7,9). The molecule has 0 heterocycles. The highest BCUT2D eigenvalue weighted by Gasteiger charge is 2.23. The van der Waals surface area contributed by atoms with Crippen molar-refractivity contribution in [1.82, 2.24) is 0 Å². The van der Waals surface area contributed by atoms with Crippen LogP contribution in [0, 0.1) is 0 Å².